The van der Waals surface area contributed by atoms with E-state index in [4.69, 9.17) is 0 Å². The van der Waals surface area contributed by atoms with Gasteiger partial charge in [0.25, 0.3) is 0 Å². The van der Waals surface area contributed by atoms with Gasteiger partial charge in [-0.2, -0.15) is 5.10 Å². The van der Waals surface area contributed by atoms with Crippen LogP contribution >= 0.6 is 0 Å². The van der Waals surface area contributed by atoms with E-state index in [9.17, 15) is 0 Å². The minimum atomic E-state index is 0.973. The second-order valence-corrected chi connectivity index (χ2v) is 1.95. The smallest absolute Gasteiger partial charge is 0.135 e. The van der Waals surface area contributed by atoms with E-state index in [-0.39, 0.29) is 0 Å². The Bertz CT molecular complexity index is 188. The van der Waals surface area contributed by atoms with E-state index in [0.29, 0.717) is 0 Å². The number of allylic oxidation sites excluding steroid dienone is 2. The minimum absolute atomic E-state index is 0.973. The summed E-state index contributed by atoms with van der Waals surface area (Å²) < 4.78 is 0. The molecule has 0 fully saturated rings. The summed E-state index contributed by atoms with van der Waals surface area (Å²) in [6.07, 6.45) is 3.44. The molecule has 0 spiro atoms. The van der Waals surface area contributed by atoms with Crippen molar-refractivity contribution >= 4 is 12.1 Å². The molecule has 0 aromatic rings. The average molecular weight is 123 g/mol. The first kappa shape index (κ1) is 6.01. The summed E-state index contributed by atoms with van der Waals surface area (Å²) in [7, 11) is 0. The molecule has 48 valence electrons. The molecule has 9 heavy (non-hydrogen) atoms. The average Bonchev–Trinajstić information content (AvgIpc) is 1.93. The lowest BCUT2D eigenvalue weighted by Crippen LogP contribution is -2.00. The highest BCUT2D eigenvalue weighted by molar-refractivity contribution is 5.98. The third-order valence-corrected chi connectivity index (χ3v) is 0.985. The standard InChI is InChI=1S/C6H9N3/c1-5-3-6(2)9-8-4-7-5/h3-4,9H,1-2H3. The Morgan fingerprint density at radius 3 is 3.00 bits per heavy atom. The van der Waals surface area contributed by atoms with Gasteiger partial charge in [0.15, 0.2) is 0 Å². The van der Waals surface area contributed by atoms with Crippen LogP contribution in [0.15, 0.2) is 21.9 Å². The van der Waals surface area contributed by atoms with Crippen molar-refractivity contribution in [1.29, 1.82) is 0 Å². The zero-order valence-corrected chi connectivity index (χ0v) is 5.55. The fourth-order valence-corrected chi connectivity index (χ4v) is 0.633. The molecular weight excluding hydrogens is 114 g/mol. The van der Waals surface area contributed by atoms with Gasteiger partial charge in [0.2, 0.25) is 0 Å². The highest BCUT2D eigenvalue weighted by Crippen LogP contribution is 1.91. The van der Waals surface area contributed by atoms with Gasteiger partial charge in [0.05, 0.1) is 0 Å². The molecule has 3 nitrogen and oxygen atoms in total. The van der Waals surface area contributed by atoms with Gasteiger partial charge in [-0.3, -0.25) is 5.43 Å². The maximum Gasteiger partial charge on any atom is 0.135 e. The SMILES string of the molecule is CC1=CC(C)=NC=NN1. The van der Waals surface area contributed by atoms with Gasteiger partial charge >= 0.3 is 0 Å². The lowest BCUT2D eigenvalue weighted by molar-refractivity contribution is 0.896. The minimum Gasteiger partial charge on any atom is -0.281 e. The van der Waals surface area contributed by atoms with Crippen molar-refractivity contribution in [2.75, 3.05) is 0 Å². The van der Waals surface area contributed by atoms with Crippen LogP contribution in [0.4, 0.5) is 0 Å². The molecule has 0 atom stereocenters. The van der Waals surface area contributed by atoms with Crippen LogP contribution < -0.4 is 5.43 Å². The van der Waals surface area contributed by atoms with Crippen LogP contribution in [0, 0.1) is 0 Å². The molecule has 1 aliphatic rings. The first-order valence-corrected chi connectivity index (χ1v) is 2.79. The third kappa shape index (κ3) is 1.68. The fraction of sp³-hybridized carbons (Fsp3) is 0.333. The monoisotopic (exact) mass is 123 g/mol. The lowest BCUT2D eigenvalue weighted by atomic mass is 10.3. The zero-order chi connectivity index (χ0) is 6.69. The molecule has 1 N–H and O–H groups in total. The first-order chi connectivity index (χ1) is 4.29. The van der Waals surface area contributed by atoms with Gasteiger partial charge < -0.3 is 0 Å². The van der Waals surface area contributed by atoms with Crippen molar-refractivity contribution in [2.24, 2.45) is 10.1 Å². The number of hydrogen-bond acceptors (Lipinski definition) is 3. The van der Waals surface area contributed by atoms with Crippen LogP contribution in [0.1, 0.15) is 13.8 Å². The fourth-order valence-electron chi connectivity index (χ4n) is 0.633. The molecule has 3 heteroatoms. The molecule has 0 unspecified atom stereocenters. The van der Waals surface area contributed by atoms with Crippen LogP contribution in [0.5, 0.6) is 0 Å². The van der Waals surface area contributed by atoms with E-state index in [0.717, 1.165) is 11.4 Å². The number of rotatable bonds is 0. The second kappa shape index (κ2) is 2.44. The van der Waals surface area contributed by atoms with Crippen molar-refractivity contribution in [2.45, 2.75) is 13.8 Å². The molecule has 0 aliphatic carbocycles. The largest absolute Gasteiger partial charge is 0.281 e. The number of nitrogens with zero attached hydrogens (tertiary/aromatic N) is 2. The topological polar surface area (TPSA) is 36.8 Å². The van der Waals surface area contributed by atoms with E-state index in [2.05, 4.69) is 15.5 Å². The second-order valence-electron chi connectivity index (χ2n) is 1.95. The third-order valence-electron chi connectivity index (χ3n) is 0.985. The van der Waals surface area contributed by atoms with Crippen LogP contribution in [0.2, 0.25) is 0 Å². The molecule has 1 heterocycles. The quantitative estimate of drug-likeness (QED) is 0.510. The van der Waals surface area contributed by atoms with E-state index >= 15 is 0 Å². The van der Waals surface area contributed by atoms with Gasteiger partial charge in [-0.05, 0) is 19.9 Å². The molecular formula is C6H9N3. The Hall–Kier alpha value is -1.12. The predicted octanol–water partition coefficient (Wildman–Crippen LogP) is 0.898. The molecule has 1 aliphatic heterocycles. The molecule has 0 saturated carbocycles. The van der Waals surface area contributed by atoms with Crippen molar-refractivity contribution in [3.05, 3.63) is 11.8 Å². The predicted molar refractivity (Wildman–Crippen MR) is 38.5 cm³/mol. The Kier molecular flexibility index (Phi) is 1.63. The molecule has 0 amide bonds. The van der Waals surface area contributed by atoms with E-state index in [1.165, 1.54) is 6.34 Å². The summed E-state index contributed by atoms with van der Waals surface area (Å²) >= 11 is 0. The summed E-state index contributed by atoms with van der Waals surface area (Å²) in [5.74, 6) is 0. The van der Waals surface area contributed by atoms with Crippen LogP contribution in [0.25, 0.3) is 0 Å². The summed E-state index contributed by atoms with van der Waals surface area (Å²) in [6.45, 7) is 3.88. The van der Waals surface area contributed by atoms with Crippen molar-refractivity contribution in [1.82, 2.24) is 5.43 Å². The normalized spacial score (nSPS) is 17.6. The van der Waals surface area contributed by atoms with Gasteiger partial charge in [0, 0.05) is 11.4 Å². The summed E-state index contributed by atoms with van der Waals surface area (Å²) in [5.41, 5.74) is 4.78. The van der Waals surface area contributed by atoms with E-state index in [1.54, 1.807) is 0 Å². The Labute approximate surface area is 54.2 Å². The van der Waals surface area contributed by atoms with E-state index < -0.39 is 0 Å². The summed E-state index contributed by atoms with van der Waals surface area (Å²) in [4.78, 5) is 3.96. The van der Waals surface area contributed by atoms with Crippen molar-refractivity contribution < 1.29 is 0 Å². The molecule has 0 radical (unpaired) electrons. The number of aliphatic imine (C=N–C) groups is 1. The lowest BCUT2D eigenvalue weighted by Gasteiger charge is -1.92. The van der Waals surface area contributed by atoms with Gasteiger partial charge in [-0.1, -0.05) is 0 Å². The van der Waals surface area contributed by atoms with E-state index in [1.807, 2.05) is 19.9 Å². The van der Waals surface area contributed by atoms with Crippen LogP contribution in [0.3, 0.4) is 0 Å². The summed E-state index contributed by atoms with van der Waals surface area (Å²) in [5, 5.41) is 3.77. The zero-order valence-electron chi connectivity index (χ0n) is 5.55. The maximum atomic E-state index is 3.96. The highest BCUT2D eigenvalue weighted by atomic mass is 15.3. The highest BCUT2D eigenvalue weighted by Gasteiger charge is 1.89. The number of hydrogen-bond donors (Lipinski definition) is 1. The molecule has 0 saturated heterocycles. The van der Waals surface area contributed by atoms with Gasteiger partial charge in [-0.15, -0.1) is 0 Å². The maximum absolute atomic E-state index is 3.96. The van der Waals surface area contributed by atoms with Crippen molar-refractivity contribution in [3.63, 3.8) is 0 Å². The first-order valence-electron chi connectivity index (χ1n) is 2.79. The van der Waals surface area contributed by atoms with Crippen molar-refractivity contribution in [3.8, 4) is 0 Å². The summed E-state index contributed by atoms with van der Waals surface area (Å²) in [6, 6.07) is 0. The molecule has 0 aromatic carbocycles. The van der Waals surface area contributed by atoms with Crippen LogP contribution in [-0.2, 0) is 0 Å². The Morgan fingerprint density at radius 1 is 1.44 bits per heavy atom. The molecule has 0 bridgehead atoms. The van der Waals surface area contributed by atoms with Crippen LogP contribution in [-0.4, -0.2) is 12.1 Å². The number of nitrogens with one attached hydrogen (secondary N) is 1. The number of hydrazone groups is 1. The molecule has 0 aromatic heterocycles. The Balaban J connectivity index is 2.82. The molecule has 1 rings (SSSR count). The Morgan fingerprint density at radius 2 is 2.22 bits per heavy atom. The van der Waals surface area contributed by atoms with Gasteiger partial charge in [0.1, 0.15) is 6.34 Å². The van der Waals surface area contributed by atoms with Gasteiger partial charge in [-0.25, -0.2) is 4.99 Å².